The molecular weight excluding hydrogens is 271 g/mol. The average Bonchev–Trinajstić information content (AvgIpc) is 2.80. The molecule has 0 atom stereocenters. The van der Waals surface area contributed by atoms with Gasteiger partial charge in [0.15, 0.2) is 0 Å². The van der Waals surface area contributed by atoms with Crippen LogP contribution in [0, 0.1) is 5.41 Å². The topological polar surface area (TPSA) is 38.3 Å². The van der Waals surface area contributed by atoms with E-state index in [0.717, 1.165) is 37.8 Å². The molecule has 3 nitrogen and oxygen atoms in total. The zero-order chi connectivity index (χ0) is 14.4. The fourth-order valence-corrected chi connectivity index (χ4v) is 2.89. The number of rotatable bonds is 0. The molecule has 2 aliphatic rings. The number of benzene rings is 1. The average molecular weight is 285 g/mol. The molecule has 1 saturated carbocycles. The van der Waals surface area contributed by atoms with E-state index < -0.39 is 17.2 Å². The van der Waals surface area contributed by atoms with Crippen molar-refractivity contribution >= 4 is 11.6 Å². The second-order valence-electron chi connectivity index (χ2n) is 5.44. The second-order valence-corrected chi connectivity index (χ2v) is 5.44. The molecular formula is C14H14F3NO2. The van der Waals surface area contributed by atoms with Gasteiger partial charge in [0.05, 0.1) is 16.7 Å². The van der Waals surface area contributed by atoms with Gasteiger partial charge in [0, 0.05) is 0 Å². The van der Waals surface area contributed by atoms with E-state index in [1.54, 1.807) is 0 Å². The first-order valence-corrected chi connectivity index (χ1v) is 6.56. The maximum absolute atomic E-state index is 12.7. The molecule has 6 heteroatoms. The highest BCUT2D eigenvalue weighted by molar-refractivity contribution is 5.97. The number of hydrogen-bond acceptors (Lipinski definition) is 2. The van der Waals surface area contributed by atoms with Gasteiger partial charge in [0.2, 0.25) is 5.91 Å². The van der Waals surface area contributed by atoms with Crippen LogP contribution in [-0.2, 0) is 11.0 Å². The minimum absolute atomic E-state index is 0.105. The van der Waals surface area contributed by atoms with E-state index in [4.69, 9.17) is 4.74 Å². The molecule has 3 rings (SSSR count). The number of anilines is 1. The Kier molecular flexibility index (Phi) is 2.92. The number of hydrogen-bond donors (Lipinski definition) is 1. The lowest BCUT2D eigenvalue weighted by atomic mass is 9.86. The Morgan fingerprint density at radius 3 is 2.55 bits per heavy atom. The number of carbonyl (C=O) groups excluding carboxylic acids is 1. The van der Waals surface area contributed by atoms with Crippen molar-refractivity contribution in [3.8, 4) is 5.75 Å². The van der Waals surface area contributed by atoms with E-state index in [1.165, 1.54) is 6.07 Å². The van der Waals surface area contributed by atoms with Crippen molar-refractivity contribution in [2.45, 2.75) is 31.9 Å². The minimum Gasteiger partial charge on any atom is -0.490 e. The van der Waals surface area contributed by atoms with Crippen molar-refractivity contribution in [2.24, 2.45) is 5.41 Å². The van der Waals surface area contributed by atoms with Crippen LogP contribution >= 0.6 is 0 Å². The third-order valence-electron chi connectivity index (χ3n) is 4.10. The Morgan fingerprint density at radius 2 is 1.90 bits per heavy atom. The predicted molar refractivity (Wildman–Crippen MR) is 66.5 cm³/mol. The summed E-state index contributed by atoms with van der Waals surface area (Å²) in [7, 11) is 0. The molecule has 1 heterocycles. The van der Waals surface area contributed by atoms with Gasteiger partial charge < -0.3 is 10.1 Å². The molecule has 0 aromatic heterocycles. The van der Waals surface area contributed by atoms with Crippen molar-refractivity contribution in [2.75, 3.05) is 11.9 Å². The zero-order valence-corrected chi connectivity index (χ0v) is 10.7. The number of carbonyl (C=O) groups is 1. The standard InChI is InChI=1S/C14H14F3NO2/c15-14(16,17)9-3-4-11-10(7-9)18-12(19)13(8-20-11)5-1-2-6-13/h3-4,7H,1-2,5-6,8H2,(H,18,19). The molecule has 1 N–H and O–H groups in total. The summed E-state index contributed by atoms with van der Waals surface area (Å²) in [6.45, 7) is 0.233. The largest absolute Gasteiger partial charge is 0.490 e. The summed E-state index contributed by atoms with van der Waals surface area (Å²) in [5.74, 6) is 0.0724. The third kappa shape index (κ3) is 2.13. The fourth-order valence-electron chi connectivity index (χ4n) is 2.89. The van der Waals surface area contributed by atoms with Crippen molar-refractivity contribution in [1.82, 2.24) is 0 Å². The van der Waals surface area contributed by atoms with Crippen molar-refractivity contribution in [3.63, 3.8) is 0 Å². The van der Waals surface area contributed by atoms with Crippen LogP contribution in [0.5, 0.6) is 5.75 Å². The minimum atomic E-state index is -4.43. The molecule has 1 aromatic carbocycles. The summed E-state index contributed by atoms with van der Waals surface area (Å²) in [6.07, 6.45) is -1.10. The van der Waals surface area contributed by atoms with E-state index in [9.17, 15) is 18.0 Å². The highest BCUT2D eigenvalue weighted by Gasteiger charge is 2.44. The van der Waals surface area contributed by atoms with Gasteiger partial charge >= 0.3 is 6.18 Å². The summed E-state index contributed by atoms with van der Waals surface area (Å²) in [5, 5.41) is 2.60. The van der Waals surface area contributed by atoms with Crippen LogP contribution in [0.2, 0.25) is 0 Å². The Bertz CT molecular complexity index is 548. The smallest absolute Gasteiger partial charge is 0.416 e. The number of alkyl halides is 3. The monoisotopic (exact) mass is 285 g/mol. The number of amides is 1. The Hall–Kier alpha value is -1.72. The van der Waals surface area contributed by atoms with Gasteiger partial charge in [-0.2, -0.15) is 13.2 Å². The van der Waals surface area contributed by atoms with Crippen LogP contribution in [0.15, 0.2) is 18.2 Å². The van der Waals surface area contributed by atoms with Gasteiger partial charge in [-0.1, -0.05) is 12.8 Å². The van der Waals surface area contributed by atoms with Gasteiger partial charge in [-0.15, -0.1) is 0 Å². The van der Waals surface area contributed by atoms with Gasteiger partial charge in [-0.05, 0) is 31.0 Å². The first kappa shape index (κ1) is 13.3. The summed E-state index contributed by atoms with van der Waals surface area (Å²) in [6, 6.07) is 3.17. The molecule has 1 spiro atoms. The SMILES string of the molecule is O=C1Nc2cc(C(F)(F)F)ccc2OCC12CCCC2. The summed E-state index contributed by atoms with van der Waals surface area (Å²) in [4.78, 5) is 12.3. The van der Waals surface area contributed by atoms with Crippen LogP contribution in [0.4, 0.5) is 18.9 Å². The predicted octanol–water partition coefficient (Wildman–Crippen LogP) is 3.60. The van der Waals surface area contributed by atoms with E-state index in [2.05, 4.69) is 5.32 Å². The lowest BCUT2D eigenvalue weighted by Crippen LogP contribution is -2.37. The first-order valence-electron chi connectivity index (χ1n) is 6.56. The number of ether oxygens (including phenoxy) is 1. The molecule has 1 aromatic rings. The van der Waals surface area contributed by atoms with Gasteiger partial charge in [0.25, 0.3) is 0 Å². The van der Waals surface area contributed by atoms with Crippen LogP contribution < -0.4 is 10.1 Å². The van der Waals surface area contributed by atoms with Crippen molar-refractivity contribution in [1.29, 1.82) is 0 Å². The highest BCUT2D eigenvalue weighted by Crippen LogP contribution is 2.44. The second kappa shape index (κ2) is 4.40. The van der Waals surface area contributed by atoms with E-state index in [0.29, 0.717) is 5.75 Å². The summed E-state index contributed by atoms with van der Waals surface area (Å²) >= 11 is 0. The normalized spacial score (nSPS) is 21.1. The lowest BCUT2D eigenvalue weighted by molar-refractivity contribution is -0.137. The van der Waals surface area contributed by atoms with Gasteiger partial charge in [0.1, 0.15) is 12.4 Å². The Morgan fingerprint density at radius 1 is 1.20 bits per heavy atom. The van der Waals surface area contributed by atoms with Crippen LogP contribution in [0.1, 0.15) is 31.2 Å². The molecule has 108 valence electrons. The molecule has 0 unspecified atom stereocenters. The summed E-state index contributed by atoms with van der Waals surface area (Å²) < 4.78 is 43.7. The quantitative estimate of drug-likeness (QED) is 0.791. The third-order valence-corrected chi connectivity index (χ3v) is 4.10. The van der Waals surface area contributed by atoms with E-state index in [1.807, 2.05) is 0 Å². The van der Waals surface area contributed by atoms with E-state index >= 15 is 0 Å². The number of nitrogens with one attached hydrogen (secondary N) is 1. The lowest BCUT2D eigenvalue weighted by Gasteiger charge is -2.23. The van der Waals surface area contributed by atoms with Crippen LogP contribution in [0.25, 0.3) is 0 Å². The van der Waals surface area contributed by atoms with Crippen LogP contribution in [-0.4, -0.2) is 12.5 Å². The molecule has 1 aliphatic heterocycles. The number of halogens is 3. The Balaban J connectivity index is 1.95. The van der Waals surface area contributed by atoms with Crippen molar-refractivity contribution < 1.29 is 22.7 Å². The molecule has 0 bridgehead atoms. The zero-order valence-electron chi connectivity index (χ0n) is 10.7. The van der Waals surface area contributed by atoms with Gasteiger partial charge in [-0.3, -0.25) is 4.79 Å². The van der Waals surface area contributed by atoms with Crippen LogP contribution in [0.3, 0.4) is 0 Å². The van der Waals surface area contributed by atoms with Gasteiger partial charge in [-0.25, -0.2) is 0 Å². The molecule has 1 fully saturated rings. The highest BCUT2D eigenvalue weighted by atomic mass is 19.4. The molecule has 0 saturated heterocycles. The molecule has 0 radical (unpaired) electrons. The van der Waals surface area contributed by atoms with E-state index in [-0.39, 0.29) is 18.2 Å². The Labute approximate surface area is 114 Å². The van der Waals surface area contributed by atoms with Crippen molar-refractivity contribution in [3.05, 3.63) is 23.8 Å². The maximum atomic E-state index is 12.7. The fraction of sp³-hybridized carbons (Fsp3) is 0.500. The first-order chi connectivity index (χ1) is 9.41. The number of fused-ring (bicyclic) bond motifs is 1. The molecule has 1 amide bonds. The molecule has 20 heavy (non-hydrogen) atoms. The summed E-state index contributed by atoms with van der Waals surface area (Å²) in [5.41, 5.74) is -1.27. The maximum Gasteiger partial charge on any atom is 0.416 e. The molecule has 1 aliphatic carbocycles.